The summed E-state index contributed by atoms with van der Waals surface area (Å²) in [5.41, 5.74) is 0.928. The van der Waals surface area contributed by atoms with Gasteiger partial charge in [0.05, 0.1) is 6.61 Å². The summed E-state index contributed by atoms with van der Waals surface area (Å²) in [4.78, 5) is 11.7. The van der Waals surface area contributed by atoms with Crippen molar-refractivity contribution in [1.82, 2.24) is 5.32 Å². The van der Waals surface area contributed by atoms with Crippen molar-refractivity contribution in [2.24, 2.45) is 5.92 Å². The molecule has 1 heterocycles. The first-order chi connectivity index (χ1) is 9.83. The number of carbonyl (C=O) groups is 1. The van der Waals surface area contributed by atoms with Crippen LogP contribution in [-0.2, 0) is 16.1 Å². The summed E-state index contributed by atoms with van der Waals surface area (Å²) in [6.07, 6.45) is 2.46. The standard InChI is InChI=1S/C15H19NO4/c17-14(10-18-9-11-4-5-11)16-8-12-2-1-3-13-15(12)20-7-6-19-13/h1-3,11H,4-10H2,(H,16,17). The summed E-state index contributed by atoms with van der Waals surface area (Å²) in [6, 6.07) is 5.70. The molecule has 20 heavy (non-hydrogen) atoms. The highest BCUT2D eigenvalue weighted by molar-refractivity contribution is 5.77. The van der Waals surface area contributed by atoms with E-state index in [0.717, 1.165) is 17.1 Å². The Kier molecular flexibility index (Phi) is 4.06. The fourth-order valence-electron chi connectivity index (χ4n) is 2.12. The van der Waals surface area contributed by atoms with Gasteiger partial charge in [0.25, 0.3) is 0 Å². The van der Waals surface area contributed by atoms with E-state index in [-0.39, 0.29) is 12.5 Å². The Morgan fingerprint density at radius 1 is 1.30 bits per heavy atom. The lowest BCUT2D eigenvalue weighted by molar-refractivity contribution is -0.126. The molecule has 0 unspecified atom stereocenters. The highest BCUT2D eigenvalue weighted by Crippen LogP contribution is 2.33. The van der Waals surface area contributed by atoms with Crippen LogP contribution in [0.15, 0.2) is 18.2 Å². The van der Waals surface area contributed by atoms with Crippen LogP contribution in [0.25, 0.3) is 0 Å². The Labute approximate surface area is 118 Å². The number of nitrogens with one attached hydrogen (secondary N) is 1. The predicted molar refractivity (Wildman–Crippen MR) is 72.8 cm³/mol. The maximum absolute atomic E-state index is 11.7. The third-order valence-electron chi connectivity index (χ3n) is 3.41. The van der Waals surface area contributed by atoms with Crippen LogP contribution in [0.1, 0.15) is 18.4 Å². The normalized spacial score (nSPS) is 16.8. The molecule has 1 aliphatic heterocycles. The van der Waals surface area contributed by atoms with Crippen LogP contribution < -0.4 is 14.8 Å². The molecule has 5 nitrogen and oxygen atoms in total. The van der Waals surface area contributed by atoms with Crippen molar-refractivity contribution < 1.29 is 19.0 Å². The van der Waals surface area contributed by atoms with Gasteiger partial charge in [0.15, 0.2) is 11.5 Å². The van der Waals surface area contributed by atoms with Crippen LogP contribution in [0.3, 0.4) is 0 Å². The minimum absolute atomic E-state index is 0.0972. The van der Waals surface area contributed by atoms with E-state index in [2.05, 4.69) is 5.32 Å². The highest BCUT2D eigenvalue weighted by Gasteiger charge is 2.21. The molecule has 108 valence electrons. The minimum Gasteiger partial charge on any atom is -0.486 e. The maximum Gasteiger partial charge on any atom is 0.246 e. The smallest absolute Gasteiger partial charge is 0.246 e. The van der Waals surface area contributed by atoms with Gasteiger partial charge in [-0.1, -0.05) is 12.1 Å². The molecule has 0 saturated heterocycles. The summed E-state index contributed by atoms with van der Waals surface area (Å²) in [5.74, 6) is 2.06. The third-order valence-corrected chi connectivity index (χ3v) is 3.41. The Hall–Kier alpha value is -1.75. The molecular weight excluding hydrogens is 258 g/mol. The van der Waals surface area contributed by atoms with Crippen LogP contribution in [0, 0.1) is 5.92 Å². The SMILES string of the molecule is O=C(COCC1CC1)NCc1cccc2c1OCCO2. The van der Waals surface area contributed by atoms with Crippen molar-refractivity contribution in [3.8, 4) is 11.5 Å². The number of rotatable bonds is 6. The Bertz CT molecular complexity index is 485. The number of para-hydroxylation sites is 1. The summed E-state index contributed by atoms with van der Waals surface area (Å²) < 4.78 is 16.5. The van der Waals surface area contributed by atoms with Gasteiger partial charge in [-0.25, -0.2) is 0 Å². The van der Waals surface area contributed by atoms with E-state index < -0.39 is 0 Å². The number of amides is 1. The fraction of sp³-hybridized carbons (Fsp3) is 0.533. The van der Waals surface area contributed by atoms with Crippen LogP contribution in [0.4, 0.5) is 0 Å². The molecule has 0 bridgehead atoms. The summed E-state index contributed by atoms with van der Waals surface area (Å²) in [5, 5.41) is 2.84. The lowest BCUT2D eigenvalue weighted by Crippen LogP contribution is -2.28. The molecule has 0 aromatic heterocycles. The molecule has 1 fully saturated rings. The predicted octanol–water partition coefficient (Wildman–Crippen LogP) is 1.50. The first-order valence-electron chi connectivity index (χ1n) is 7.05. The zero-order chi connectivity index (χ0) is 13.8. The molecule has 1 saturated carbocycles. The second-order valence-corrected chi connectivity index (χ2v) is 5.18. The topological polar surface area (TPSA) is 56.8 Å². The zero-order valence-electron chi connectivity index (χ0n) is 11.4. The third kappa shape index (κ3) is 3.42. The van der Waals surface area contributed by atoms with E-state index in [1.165, 1.54) is 12.8 Å². The van der Waals surface area contributed by atoms with Crippen LogP contribution in [-0.4, -0.2) is 32.3 Å². The molecule has 1 N–H and O–H groups in total. The molecule has 0 spiro atoms. The van der Waals surface area contributed by atoms with Crippen molar-refractivity contribution in [2.75, 3.05) is 26.4 Å². The van der Waals surface area contributed by atoms with Crippen LogP contribution >= 0.6 is 0 Å². The largest absolute Gasteiger partial charge is 0.486 e. The second-order valence-electron chi connectivity index (χ2n) is 5.18. The lowest BCUT2D eigenvalue weighted by Gasteiger charge is -2.21. The van der Waals surface area contributed by atoms with E-state index in [1.54, 1.807) is 0 Å². The molecule has 1 aliphatic carbocycles. The van der Waals surface area contributed by atoms with Gasteiger partial charge in [0.2, 0.25) is 5.91 Å². The summed E-state index contributed by atoms with van der Waals surface area (Å²) >= 11 is 0. The second kappa shape index (κ2) is 6.13. The number of hydrogen-bond donors (Lipinski definition) is 1. The van der Waals surface area contributed by atoms with Gasteiger partial charge in [-0.15, -0.1) is 0 Å². The van der Waals surface area contributed by atoms with E-state index in [9.17, 15) is 4.79 Å². The Morgan fingerprint density at radius 3 is 3.00 bits per heavy atom. The molecule has 1 aromatic rings. The molecular formula is C15H19NO4. The van der Waals surface area contributed by atoms with Gasteiger partial charge < -0.3 is 19.5 Å². The zero-order valence-corrected chi connectivity index (χ0v) is 11.4. The Morgan fingerprint density at radius 2 is 2.15 bits per heavy atom. The first kappa shape index (κ1) is 13.2. The molecule has 1 aromatic carbocycles. The highest BCUT2D eigenvalue weighted by atomic mass is 16.6. The van der Waals surface area contributed by atoms with Gasteiger partial charge in [0, 0.05) is 12.1 Å². The molecule has 5 heteroatoms. The van der Waals surface area contributed by atoms with Crippen molar-refractivity contribution in [1.29, 1.82) is 0 Å². The van der Waals surface area contributed by atoms with Gasteiger partial charge in [-0.05, 0) is 24.8 Å². The van der Waals surface area contributed by atoms with Gasteiger partial charge in [0.1, 0.15) is 19.8 Å². The Balaban J connectivity index is 1.48. The molecule has 1 amide bonds. The van der Waals surface area contributed by atoms with E-state index >= 15 is 0 Å². The van der Waals surface area contributed by atoms with Crippen molar-refractivity contribution in [3.05, 3.63) is 23.8 Å². The number of benzene rings is 1. The van der Waals surface area contributed by atoms with Crippen molar-refractivity contribution in [2.45, 2.75) is 19.4 Å². The van der Waals surface area contributed by atoms with Gasteiger partial charge in [-0.2, -0.15) is 0 Å². The molecule has 2 aliphatic rings. The average Bonchev–Trinajstić information content (AvgIpc) is 3.29. The summed E-state index contributed by atoms with van der Waals surface area (Å²) in [6.45, 7) is 2.37. The van der Waals surface area contributed by atoms with E-state index in [4.69, 9.17) is 14.2 Å². The van der Waals surface area contributed by atoms with E-state index in [0.29, 0.717) is 32.3 Å². The van der Waals surface area contributed by atoms with E-state index in [1.807, 2.05) is 18.2 Å². The number of fused-ring (bicyclic) bond motifs is 1. The molecule has 0 radical (unpaired) electrons. The number of carbonyl (C=O) groups excluding carboxylic acids is 1. The van der Waals surface area contributed by atoms with Gasteiger partial charge >= 0.3 is 0 Å². The summed E-state index contributed by atoms with van der Waals surface area (Å²) in [7, 11) is 0. The minimum atomic E-state index is -0.0972. The van der Waals surface area contributed by atoms with Crippen molar-refractivity contribution >= 4 is 5.91 Å². The monoisotopic (exact) mass is 277 g/mol. The fourth-order valence-corrected chi connectivity index (χ4v) is 2.12. The van der Waals surface area contributed by atoms with Gasteiger partial charge in [-0.3, -0.25) is 4.79 Å². The average molecular weight is 277 g/mol. The quantitative estimate of drug-likeness (QED) is 0.856. The van der Waals surface area contributed by atoms with Crippen LogP contribution in [0.2, 0.25) is 0 Å². The molecule has 0 atom stereocenters. The van der Waals surface area contributed by atoms with Crippen LogP contribution in [0.5, 0.6) is 11.5 Å². The maximum atomic E-state index is 11.7. The number of hydrogen-bond acceptors (Lipinski definition) is 4. The number of ether oxygens (including phenoxy) is 3. The van der Waals surface area contributed by atoms with Crippen molar-refractivity contribution in [3.63, 3.8) is 0 Å². The lowest BCUT2D eigenvalue weighted by atomic mass is 10.1. The molecule has 3 rings (SSSR count). The first-order valence-corrected chi connectivity index (χ1v) is 7.05.